The van der Waals surface area contributed by atoms with E-state index in [2.05, 4.69) is 80.0 Å². The second kappa shape index (κ2) is 5.68. The van der Waals surface area contributed by atoms with Crippen LogP contribution in [-0.4, -0.2) is 5.31 Å². The first-order valence-electron chi connectivity index (χ1n) is 6.01. The van der Waals surface area contributed by atoms with Crippen LogP contribution in [0.15, 0.2) is 42.5 Å². The molecule has 0 aliphatic heterocycles. The van der Waals surface area contributed by atoms with Gasteiger partial charge in [-0.3, -0.25) is 0 Å². The average molecular weight is 372 g/mol. The van der Waals surface area contributed by atoms with Gasteiger partial charge in [-0.25, -0.2) is 0 Å². The molecule has 0 saturated heterocycles. The lowest BCUT2D eigenvalue weighted by molar-refractivity contribution is 0.879. The number of hydrogen-bond donors (Lipinski definition) is 0. The van der Waals surface area contributed by atoms with E-state index in [4.69, 9.17) is 0 Å². The molecule has 3 heteroatoms. The van der Waals surface area contributed by atoms with Gasteiger partial charge in [-0.05, 0) is 22.0 Å². The molecule has 0 radical (unpaired) electrons. The molecule has 0 unspecified atom stereocenters. The molecule has 0 saturated carbocycles. The molecule has 0 spiro atoms. The van der Waals surface area contributed by atoms with Crippen LogP contribution < -0.4 is 5.19 Å². The number of benzene rings is 2. The zero-order valence-electron chi connectivity index (χ0n) is 9.92. The molecule has 0 atom stereocenters. The molecule has 0 fully saturated rings. The minimum Gasteiger partial charge on any atom is -0.105 e. The summed E-state index contributed by atoms with van der Waals surface area (Å²) in [5.74, 6) is 0. The van der Waals surface area contributed by atoms with Crippen LogP contribution in [-0.2, 0) is 0 Å². The molecule has 0 aliphatic carbocycles. The van der Waals surface area contributed by atoms with Gasteiger partial charge in [0, 0.05) is 0 Å². The smallest absolute Gasteiger partial charge is 0.105 e. The van der Waals surface area contributed by atoms with E-state index in [9.17, 15) is 0 Å². The summed E-state index contributed by atoms with van der Waals surface area (Å²) < 4.78 is 0. The van der Waals surface area contributed by atoms with Gasteiger partial charge in [-0.15, -0.1) is 30.6 Å². The molecule has 0 N–H and O–H groups in total. The largest absolute Gasteiger partial charge is 0.231 e. The lowest BCUT2D eigenvalue weighted by Crippen LogP contribution is -2.35. The Morgan fingerprint density at radius 2 is 1.71 bits per heavy atom. The summed E-state index contributed by atoms with van der Waals surface area (Å²) >= 11 is 7.94. The minimum atomic E-state index is -1.64. The van der Waals surface area contributed by atoms with Gasteiger partial charge in [0.25, 0.3) is 0 Å². The maximum Gasteiger partial charge on any atom is 0.231 e. The van der Waals surface area contributed by atoms with Crippen molar-refractivity contribution in [2.75, 3.05) is 0 Å². The maximum absolute atomic E-state index is 3.97. The van der Waals surface area contributed by atoms with Gasteiger partial charge in [0.1, 0.15) is 0 Å². The van der Waals surface area contributed by atoms with Crippen LogP contribution in [0, 0.1) is 0 Å². The quantitative estimate of drug-likeness (QED) is 0.519. The third-order valence-electron chi connectivity index (χ3n) is 3.03. The van der Waals surface area contributed by atoms with Crippen molar-refractivity contribution in [1.82, 2.24) is 0 Å². The summed E-state index contributed by atoms with van der Waals surface area (Å²) in [6.07, 6.45) is 2.52. The highest BCUT2D eigenvalue weighted by molar-refractivity contribution is 9.51. The summed E-state index contributed by atoms with van der Waals surface area (Å²) in [7, 11) is 0. The molecular formula is C14H16Br2Si. The topological polar surface area (TPSA) is 0 Å². The molecule has 0 aliphatic rings. The number of rotatable bonds is 4. The molecule has 2 rings (SSSR count). The van der Waals surface area contributed by atoms with Crippen molar-refractivity contribution in [3.8, 4) is 0 Å². The van der Waals surface area contributed by atoms with Crippen molar-refractivity contribution in [3.63, 3.8) is 0 Å². The van der Waals surface area contributed by atoms with Crippen molar-refractivity contribution >= 4 is 51.9 Å². The molecular weight excluding hydrogens is 356 g/mol. The van der Waals surface area contributed by atoms with E-state index in [1.807, 2.05) is 0 Å². The van der Waals surface area contributed by atoms with Crippen LogP contribution in [0.4, 0.5) is 0 Å². The number of fused-ring (bicyclic) bond motifs is 1. The normalized spacial score (nSPS) is 11.9. The fraction of sp³-hybridized carbons (Fsp3) is 0.286. The lowest BCUT2D eigenvalue weighted by Gasteiger charge is -2.20. The van der Waals surface area contributed by atoms with Crippen molar-refractivity contribution in [3.05, 3.63) is 42.5 Å². The zero-order valence-corrected chi connectivity index (χ0v) is 14.1. The fourth-order valence-corrected chi connectivity index (χ4v) is 7.86. The second-order valence-electron chi connectivity index (χ2n) is 4.33. The van der Waals surface area contributed by atoms with E-state index in [0.717, 1.165) is 0 Å². The molecule has 0 nitrogen and oxygen atoms in total. The van der Waals surface area contributed by atoms with Gasteiger partial charge in [0.05, 0.1) is 0 Å². The first kappa shape index (κ1) is 13.3. The molecule has 0 aromatic heterocycles. The Morgan fingerprint density at radius 1 is 1.00 bits per heavy atom. The van der Waals surface area contributed by atoms with E-state index in [-0.39, 0.29) is 0 Å². The van der Waals surface area contributed by atoms with Crippen LogP contribution in [0.1, 0.15) is 19.8 Å². The Bertz CT molecular complexity index is 503. The lowest BCUT2D eigenvalue weighted by atomic mass is 10.1. The number of unbranched alkanes of at least 4 members (excludes halogenated alkanes) is 1. The first-order valence-corrected chi connectivity index (χ1v) is 12.7. The van der Waals surface area contributed by atoms with E-state index in [0.29, 0.717) is 0 Å². The van der Waals surface area contributed by atoms with Crippen LogP contribution >= 0.6 is 30.6 Å². The summed E-state index contributed by atoms with van der Waals surface area (Å²) in [5, 5.41) is 2.53. The van der Waals surface area contributed by atoms with E-state index >= 15 is 0 Å². The van der Waals surface area contributed by atoms with E-state index in [1.165, 1.54) is 34.8 Å². The molecule has 17 heavy (non-hydrogen) atoms. The summed E-state index contributed by atoms with van der Waals surface area (Å²) in [4.78, 5) is 0. The molecule has 2 aromatic rings. The van der Waals surface area contributed by atoms with E-state index in [1.54, 1.807) is 0 Å². The third kappa shape index (κ3) is 3.01. The first-order chi connectivity index (χ1) is 8.15. The SMILES string of the molecule is CCCC[Si](Br)(Br)c1cccc2ccccc12. The monoisotopic (exact) mass is 370 g/mol. The van der Waals surface area contributed by atoms with Crippen molar-refractivity contribution in [2.24, 2.45) is 0 Å². The van der Waals surface area contributed by atoms with Crippen LogP contribution in [0.25, 0.3) is 10.8 Å². The maximum atomic E-state index is 3.97. The minimum absolute atomic E-state index is 1.23. The van der Waals surface area contributed by atoms with Gasteiger partial charge < -0.3 is 0 Å². The Balaban J connectivity index is 2.47. The standard InChI is InChI=1S/C14H16Br2Si/c1-2-3-11-17(15,16)14-10-6-8-12-7-4-5-9-13(12)14/h4-10H,2-3,11H2,1H3. The third-order valence-corrected chi connectivity index (χ3v) is 10.2. The summed E-state index contributed by atoms with van der Waals surface area (Å²) in [5.41, 5.74) is 0. The van der Waals surface area contributed by atoms with Crippen LogP contribution in [0.3, 0.4) is 0 Å². The highest BCUT2D eigenvalue weighted by Crippen LogP contribution is 2.30. The van der Waals surface area contributed by atoms with Gasteiger partial charge in [-0.1, -0.05) is 62.2 Å². The van der Waals surface area contributed by atoms with Gasteiger partial charge in [-0.2, -0.15) is 0 Å². The summed E-state index contributed by atoms with van der Waals surface area (Å²) in [6, 6.07) is 16.5. The highest BCUT2D eigenvalue weighted by Gasteiger charge is 2.29. The average Bonchev–Trinajstić information content (AvgIpc) is 2.36. The Kier molecular flexibility index (Phi) is 4.45. The molecule has 0 heterocycles. The van der Waals surface area contributed by atoms with E-state index < -0.39 is 5.31 Å². The Morgan fingerprint density at radius 3 is 2.47 bits per heavy atom. The second-order valence-corrected chi connectivity index (χ2v) is 18.1. The van der Waals surface area contributed by atoms with Crippen LogP contribution in [0.5, 0.6) is 0 Å². The predicted octanol–water partition coefficient (Wildman–Crippen LogP) is 5.08. The predicted molar refractivity (Wildman–Crippen MR) is 86.9 cm³/mol. The van der Waals surface area contributed by atoms with Crippen molar-refractivity contribution in [1.29, 1.82) is 0 Å². The molecule has 0 bridgehead atoms. The highest BCUT2D eigenvalue weighted by atomic mass is 79.9. The molecule has 2 aromatic carbocycles. The number of halogens is 2. The van der Waals surface area contributed by atoms with Gasteiger partial charge >= 0.3 is 0 Å². The van der Waals surface area contributed by atoms with Crippen LogP contribution in [0.2, 0.25) is 6.04 Å². The fourth-order valence-electron chi connectivity index (χ4n) is 2.08. The van der Waals surface area contributed by atoms with Gasteiger partial charge in [0.15, 0.2) is 0 Å². The molecule has 90 valence electrons. The zero-order chi connectivity index (χ0) is 12.3. The van der Waals surface area contributed by atoms with Gasteiger partial charge in [0.2, 0.25) is 5.31 Å². The Labute approximate surface area is 120 Å². The summed E-state index contributed by atoms with van der Waals surface area (Å²) in [6.45, 7) is 2.24. The van der Waals surface area contributed by atoms with Crippen molar-refractivity contribution < 1.29 is 0 Å². The number of hydrogen-bond acceptors (Lipinski definition) is 0. The van der Waals surface area contributed by atoms with Crippen molar-refractivity contribution in [2.45, 2.75) is 25.8 Å². The molecule has 0 amide bonds. The Hall–Kier alpha value is -0.123.